The highest BCUT2D eigenvalue weighted by Crippen LogP contribution is 2.44. The molecule has 0 fully saturated rings. The SMILES string of the molecule is COc1ccc(COC(=O)OCC2c3ccccc3-c3ccccc32)cc1. The lowest BCUT2D eigenvalue weighted by Crippen LogP contribution is -2.13. The summed E-state index contributed by atoms with van der Waals surface area (Å²) < 4.78 is 15.8. The lowest BCUT2D eigenvalue weighted by atomic mass is 9.98. The first-order valence-electron chi connectivity index (χ1n) is 8.87. The lowest BCUT2D eigenvalue weighted by Gasteiger charge is -2.14. The fourth-order valence-electron chi connectivity index (χ4n) is 3.50. The third-order valence-electron chi connectivity index (χ3n) is 4.85. The summed E-state index contributed by atoms with van der Waals surface area (Å²) in [5, 5.41) is 0. The maximum atomic E-state index is 12.1. The Morgan fingerprint density at radius 2 is 1.41 bits per heavy atom. The number of ether oxygens (including phenoxy) is 3. The van der Waals surface area contributed by atoms with Crippen LogP contribution in [0.2, 0.25) is 0 Å². The standard InChI is InChI=1S/C23H20O4/c1-25-17-12-10-16(11-13-17)14-26-23(24)27-15-22-20-8-4-2-6-18(20)19-7-3-5-9-21(19)22/h2-13,22H,14-15H2,1H3. The summed E-state index contributed by atoms with van der Waals surface area (Å²) >= 11 is 0. The molecule has 0 saturated heterocycles. The number of methoxy groups -OCH3 is 1. The minimum atomic E-state index is -0.660. The molecule has 0 heterocycles. The molecule has 0 aliphatic heterocycles. The van der Waals surface area contributed by atoms with Gasteiger partial charge in [0.2, 0.25) is 0 Å². The van der Waals surface area contributed by atoms with Crippen molar-refractivity contribution in [3.05, 3.63) is 89.5 Å². The Hall–Kier alpha value is -3.27. The first-order valence-corrected chi connectivity index (χ1v) is 8.87. The van der Waals surface area contributed by atoms with E-state index in [1.54, 1.807) is 7.11 Å². The van der Waals surface area contributed by atoms with Crippen molar-refractivity contribution in [2.75, 3.05) is 13.7 Å². The van der Waals surface area contributed by atoms with Gasteiger partial charge in [0.05, 0.1) is 7.11 Å². The highest BCUT2D eigenvalue weighted by Gasteiger charge is 2.29. The zero-order valence-corrected chi connectivity index (χ0v) is 15.1. The van der Waals surface area contributed by atoms with Gasteiger partial charge in [-0.2, -0.15) is 0 Å². The molecule has 0 aromatic heterocycles. The zero-order valence-electron chi connectivity index (χ0n) is 15.1. The minimum Gasteiger partial charge on any atom is -0.497 e. The molecule has 0 unspecified atom stereocenters. The summed E-state index contributed by atoms with van der Waals surface area (Å²) in [7, 11) is 1.61. The maximum absolute atomic E-state index is 12.1. The van der Waals surface area contributed by atoms with Crippen molar-refractivity contribution in [3.63, 3.8) is 0 Å². The molecule has 0 spiro atoms. The summed E-state index contributed by atoms with van der Waals surface area (Å²) in [6.45, 7) is 0.427. The van der Waals surface area contributed by atoms with Crippen LogP contribution in [0, 0.1) is 0 Å². The highest BCUT2D eigenvalue weighted by atomic mass is 16.7. The summed E-state index contributed by atoms with van der Waals surface area (Å²) in [5.74, 6) is 0.797. The van der Waals surface area contributed by atoms with Crippen LogP contribution in [0.4, 0.5) is 4.79 Å². The van der Waals surface area contributed by atoms with Crippen molar-refractivity contribution in [2.24, 2.45) is 0 Å². The Balaban J connectivity index is 1.39. The van der Waals surface area contributed by atoms with Gasteiger partial charge in [-0.3, -0.25) is 0 Å². The molecule has 3 aromatic carbocycles. The Morgan fingerprint density at radius 3 is 2.00 bits per heavy atom. The molecule has 0 atom stereocenters. The number of benzene rings is 3. The van der Waals surface area contributed by atoms with Crippen LogP contribution < -0.4 is 4.74 Å². The second-order valence-corrected chi connectivity index (χ2v) is 6.42. The largest absolute Gasteiger partial charge is 0.508 e. The molecule has 136 valence electrons. The summed E-state index contributed by atoms with van der Waals surface area (Å²) in [6, 6.07) is 23.9. The minimum absolute atomic E-state index is 0.0333. The Kier molecular flexibility index (Phi) is 4.79. The monoisotopic (exact) mass is 360 g/mol. The van der Waals surface area contributed by atoms with E-state index < -0.39 is 6.16 Å². The summed E-state index contributed by atoms with van der Waals surface area (Å²) in [5.41, 5.74) is 5.65. The van der Waals surface area contributed by atoms with Crippen LogP contribution in [0.25, 0.3) is 11.1 Å². The maximum Gasteiger partial charge on any atom is 0.508 e. The van der Waals surface area contributed by atoms with Crippen LogP contribution in [0.5, 0.6) is 5.75 Å². The van der Waals surface area contributed by atoms with Crippen molar-refractivity contribution in [2.45, 2.75) is 12.5 Å². The van der Waals surface area contributed by atoms with E-state index in [0.29, 0.717) is 0 Å². The molecule has 1 aliphatic rings. The van der Waals surface area contributed by atoms with E-state index in [-0.39, 0.29) is 19.1 Å². The van der Waals surface area contributed by atoms with Crippen LogP contribution in [0.15, 0.2) is 72.8 Å². The van der Waals surface area contributed by atoms with E-state index in [1.807, 2.05) is 48.5 Å². The van der Waals surface area contributed by atoms with Crippen molar-refractivity contribution in [1.29, 1.82) is 0 Å². The molecular weight excluding hydrogens is 340 g/mol. The van der Waals surface area contributed by atoms with Gasteiger partial charge in [0.1, 0.15) is 19.0 Å². The van der Waals surface area contributed by atoms with Gasteiger partial charge in [0.15, 0.2) is 0 Å². The zero-order chi connectivity index (χ0) is 18.6. The lowest BCUT2D eigenvalue weighted by molar-refractivity contribution is 0.0481. The van der Waals surface area contributed by atoms with Crippen LogP contribution in [-0.4, -0.2) is 19.9 Å². The van der Waals surface area contributed by atoms with Gasteiger partial charge in [0.25, 0.3) is 0 Å². The third kappa shape index (κ3) is 3.51. The van der Waals surface area contributed by atoms with E-state index in [4.69, 9.17) is 14.2 Å². The molecule has 1 aliphatic carbocycles. The van der Waals surface area contributed by atoms with Gasteiger partial charge in [-0.05, 0) is 39.9 Å². The van der Waals surface area contributed by atoms with Gasteiger partial charge in [0, 0.05) is 5.92 Å². The average molecular weight is 360 g/mol. The topological polar surface area (TPSA) is 44.8 Å². The van der Waals surface area contributed by atoms with E-state index in [1.165, 1.54) is 22.3 Å². The van der Waals surface area contributed by atoms with Gasteiger partial charge >= 0.3 is 6.16 Å². The molecule has 0 N–H and O–H groups in total. The molecule has 27 heavy (non-hydrogen) atoms. The number of hydrogen-bond acceptors (Lipinski definition) is 4. The number of hydrogen-bond donors (Lipinski definition) is 0. The normalized spacial score (nSPS) is 12.2. The fourth-order valence-corrected chi connectivity index (χ4v) is 3.50. The van der Waals surface area contributed by atoms with E-state index in [2.05, 4.69) is 24.3 Å². The smallest absolute Gasteiger partial charge is 0.497 e. The van der Waals surface area contributed by atoms with Crippen molar-refractivity contribution in [1.82, 2.24) is 0 Å². The summed E-state index contributed by atoms with van der Waals surface area (Å²) in [4.78, 5) is 12.1. The summed E-state index contributed by atoms with van der Waals surface area (Å²) in [6.07, 6.45) is -0.660. The van der Waals surface area contributed by atoms with Crippen molar-refractivity contribution >= 4 is 6.16 Å². The van der Waals surface area contributed by atoms with E-state index in [9.17, 15) is 4.79 Å². The van der Waals surface area contributed by atoms with E-state index in [0.717, 1.165) is 11.3 Å². The molecule has 0 radical (unpaired) electrons. The quantitative estimate of drug-likeness (QED) is 0.590. The Bertz CT molecular complexity index is 901. The first kappa shape index (κ1) is 17.2. The predicted molar refractivity (Wildman–Crippen MR) is 103 cm³/mol. The molecule has 3 aromatic rings. The molecule has 4 rings (SSSR count). The third-order valence-corrected chi connectivity index (χ3v) is 4.85. The van der Waals surface area contributed by atoms with Gasteiger partial charge in [-0.25, -0.2) is 4.79 Å². The van der Waals surface area contributed by atoms with Crippen LogP contribution >= 0.6 is 0 Å². The second kappa shape index (κ2) is 7.54. The Labute approximate surface area is 158 Å². The molecule has 0 saturated carbocycles. The van der Waals surface area contributed by atoms with Crippen LogP contribution in [-0.2, 0) is 16.1 Å². The molecule has 0 amide bonds. The Morgan fingerprint density at radius 1 is 0.815 bits per heavy atom. The first-order chi connectivity index (χ1) is 13.3. The average Bonchev–Trinajstić information content (AvgIpc) is 3.05. The van der Waals surface area contributed by atoms with Crippen molar-refractivity contribution in [3.8, 4) is 16.9 Å². The number of rotatable bonds is 5. The molecule has 4 nitrogen and oxygen atoms in total. The van der Waals surface area contributed by atoms with Crippen molar-refractivity contribution < 1.29 is 19.0 Å². The predicted octanol–water partition coefficient (Wildman–Crippen LogP) is 5.16. The second-order valence-electron chi connectivity index (χ2n) is 6.42. The number of carbonyl (C=O) groups excluding carboxylic acids is 1. The van der Waals surface area contributed by atoms with E-state index >= 15 is 0 Å². The molecule has 0 bridgehead atoms. The van der Waals surface area contributed by atoms with Crippen LogP contribution in [0.3, 0.4) is 0 Å². The van der Waals surface area contributed by atoms with Crippen LogP contribution in [0.1, 0.15) is 22.6 Å². The number of fused-ring (bicyclic) bond motifs is 3. The fraction of sp³-hybridized carbons (Fsp3) is 0.174. The van der Waals surface area contributed by atoms with Gasteiger partial charge in [-0.1, -0.05) is 60.7 Å². The van der Waals surface area contributed by atoms with Gasteiger partial charge in [-0.15, -0.1) is 0 Å². The molecular formula is C23H20O4. The van der Waals surface area contributed by atoms with Gasteiger partial charge < -0.3 is 14.2 Å². The molecule has 4 heteroatoms. The highest BCUT2D eigenvalue weighted by molar-refractivity contribution is 5.78. The number of carbonyl (C=O) groups is 1.